The molecular weight excluding hydrogens is 313 g/mol. The number of aliphatic carboxylic acids is 1. The van der Waals surface area contributed by atoms with E-state index in [4.69, 9.17) is 4.74 Å². The normalized spacial score (nSPS) is 16.7. The summed E-state index contributed by atoms with van der Waals surface area (Å²) in [5.74, 6) is -0.329. The Labute approximate surface area is 138 Å². The van der Waals surface area contributed by atoms with Gasteiger partial charge in [0, 0.05) is 25.9 Å². The zero-order chi connectivity index (χ0) is 17.2. The highest BCUT2D eigenvalue weighted by Crippen LogP contribution is 2.31. The van der Waals surface area contributed by atoms with Crippen molar-refractivity contribution in [1.82, 2.24) is 10.2 Å². The van der Waals surface area contributed by atoms with E-state index in [1.807, 2.05) is 24.0 Å². The van der Waals surface area contributed by atoms with Crippen LogP contribution >= 0.6 is 0 Å². The van der Waals surface area contributed by atoms with Crippen LogP contribution in [0, 0.1) is 12.7 Å². The minimum absolute atomic E-state index is 0.301. The fourth-order valence-corrected chi connectivity index (χ4v) is 2.75. The number of carbonyl (C=O) groups is 1. The molecule has 1 aliphatic heterocycles. The van der Waals surface area contributed by atoms with Gasteiger partial charge in [-0.1, -0.05) is 0 Å². The summed E-state index contributed by atoms with van der Waals surface area (Å²) in [7, 11) is 0. The number of anilines is 1. The summed E-state index contributed by atoms with van der Waals surface area (Å²) in [5.41, 5.74) is -0.484. The van der Waals surface area contributed by atoms with Gasteiger partial charge < -0.3 is 14.7 Å². The summed E-state index contributed by atoms with van der Waals surface area (Å²) in [4.78, 5) is 13.8. The maximum Gasteiger partial charge on any atom is 0.348 e. The van der Waals surface area contributed by atoms with E-state index in [1.54, 1.807) is 0 Å². The van der Waals surface area contributed by atoms with E-state index in [0.29, 0.717) is 31.7 Å². The molecule has 1 aliphatic rings. The smallest absolute Gasteiger partial charge is 0.348 e. The predicted molar refractivity (Wildman–Crippen MR) is 85.6 cm³/mol. The van der Waals surface area contributed by atoms with Crippen molar-refractivity contribution in [3.63, 3.8) is 0 Å². The van der Waals surface area contributed by atoms with Crippen LogP contribution in [0.1, 0.15) is 18.5 Å². The van der Waals surface area contributed by atoms with Crippen molar-refractivity contribution < 1.29 is 19.0 Å². The number of carboxylic acid groups (broad SMARTS) is 1. The summed E-state index contributed by atoms with van der Waals surface area (Å²) in [6, 6.07) is 9.13. The van der Waals surface area contributed by atoms with Gasteiger partial charge in [0.25, 0.3) is 0 Å². The molecule has 7 heteroatoms. The highest BCUT2D eigenvalue weighted by molar-refractivity contribution is 5.78. The standard InChI is InChI=1S/C17H18FN3O3/c1-12-2-7-15(20-19-12)21-10-8-17(9-11-21,16(22)23)24-14-5-3-13(18)4-6-14/h2-7H,8-11H2,1H3,(H,22,23). The molecule has 0 radical (unpaired) electrons. The maximum atomic E-state index is 13.0. The number of rotatable bonds is 4. The third-order valence-electron chi connectivity index (χ3n) is 4.20. The van der Waals surface area contributed by atoms with Gasteiger partial charge in [-0.2, -0.15) is 5.10 Å². The zero-order valence-corrected chi connectivity index (χ0v) is 13.3. The Bertz CT molecular complexity index is 711. The lowest BCUT2D eigenvalue weighted by Crippen LogP contribution is -2.53. The zero-order valence-electron chi connectivity index (χ0n) is 13.3. The highest BCUT2D eigenvalue weighted by Gasteiger charge is 2.44. The SMILES string of the molecule is Cc1ccc(N2CCC(Oc3ccc(F)cc3)(C(=O)O)CC2)nn1. The number of benzene rings is 1. The van der Waals surface area contributed by atoms with E-state index in [0.717, 1.165) is 11.5 Å². The molecule has 1 aromatic heterocycles. The first-order valence-electron chi connectivity index (χ1n) is 7.72. The lowest BCUT2D eigenvalue weighted by Gasteiger charge is -2.39. The molecular formula is C17H18FN3O3. The summed E-state index contributed by atoms with van der Waals surface area (Å²) in [6.45, 7) is 2.84. The predicted octanol–water partition coefficient (Wildman–Crippen LogP) is 2.43. The average Bonchev–Trinajstić information content (AvgIpc) is 2.58. The Morgan fingerprint density at radius 3 is 2.38 bits per heavy atom. The van der Waals surface area contributed by atoms with E-state index in [-0.39, 0.29) is 5.82 Å². The van der Waals surface area contributed by atoms with Crippen molar-refractivity contribution >= 4 is 11.8 Å². The molecule has 6 nitrogen and oxygen atoms in total. The number of nitrogens with zero attached hydrogens (tertiary/aromatic N) is 3. The molecule has 24 heavy (non-hydrogen) atoms. The quantitative estimate of drug-likeness (QED) is 0.927. The number of aromatic nitrogens is 2. The second-order valence-corrected chi connectivity index (χ2v) is 5.88. The minimum Gasteiger partial charge on any atom is -0.478 e. The van der Waals surface area contributed by atoms with E-state index >= 15 is 0 Å². The van der Waals surface area contributed by atoms with Crippen LogP contribution in [0.3, 0.4) is 0 Å². The van der Waals surface area contributed by atoms with Crippen LogP contribution in [0.2, 0.25) is 0 Å². The molecule has 1 fully saturated rings. The molecule has 0 bridgehead atoms. The molecule has 3 rings (SSSR count). The van der Waals surface area contributed by atoms with Gasteiger partial charge in [-0.3, -0.25) is 0 Å². The Morgan fingerprint density at radius 1 is 1.17 bits per heavy atom. The molecule has 0 aliphatic carbocycles. The lowest BCUT2D eigenvalue weighted by atomic mass is 9.91. The number of piperidine rings is 1. The van der Waals surface area contributed by atoms with Crippen molar-refractivity contribution in [2.75, 3.05) is 18.0 Å². The second kappa shape index (κ2) is 6.43. The number of hydrogen-bond donors (Lipinski definition) is 1. The van der Waals surface area contributed by atoms with Gasteiger partial charge in [-0.05, 0) is 43.3 Å². The van der Waals surface area contributed by atoms with Gasteiger partial charge in [0.2, 0.25) is 5.60 Å². The van der Waals surface area contributed by atoms with Crippen LogP contribution in [0.4, 0.5) is 10.2 Å². The molecule has 1 saturated heterocycles. The van der Waals surface area contributed by atoms with Crippen LogP contribution < -0.4 is 9.64 Å². The van der Waals surface area contributed by atoms with Gasteiger partial charge in [0.15, 0.2) is 5.82 Å². The van der Waals surface area contributed by atoms with Crippen molar-refractivity contribution in [3.05, 3.63) is 47.9 Å². The Hall–Kier alpha value is -2.70. The number of carboxylic acids is 1. The number of hydrogen-bond acceptors (Lipinski definition) is 5. The molecule has 0 amide bonds. The first kappa shape index (κ1) is 16.2. The summed E-state index contributed by atoms with van der Waals surface area (Å²) in [6.07, 6.45) is 0.602. The molecule has 0 saturated carbocycles. The van der Waals surface area contributed by atoms with Crippen molar-refractivity contribution in [1.29, 1.82) is 0 Å². The molecule has 2 aromatic rings. The molecule has 126 valence electrons. The van der Waals surface area contributed by atoms with Crippen molar-refractivity contribution in [3.8, 4) is 5.75 Å². The highest BCUT2D eigenvalue weighted by atomic mass is 19.1. The average molecular weight is 331 g/mol. The van der Waals surface area contributed by atoms with Crippen molar-refractivity contribution in [2.24, 2.45) is 0 Å². The third-order valence-corrected chi connectivity index (χ3v) is 4.20. The maximum absolute atomic E-state index is 13.0. The summed E-state index contributed by atoms with van der Waals surface area (Å²) >= 11 is 0. The largest absolute Gasteiger partial charge is 0.478 e. The molecule has 0 atom stereocenters. The lowest BCUT2D eigenvalue weighted by molar-refractivity contribution is -0.157. The van der Waals surface area contributed by atoms with Crippen molar-refractivity contribution in [2.45, 2.75) is 25.4 Å². The van der Waals surface area contributed by atoms with Crippen LogP contribution in [0.5, 0.6) is 5.75 Å². The first-order valence-corrected chi connectivity index (χ1v) is 7.72. The first-order chi connectivity index (χ1) is 11.5. The van der Waals surface area contributed by atoms with Crippen LogP contribution in [0.25, 0.3) is 0 Å². The fourth-order valence-electron chi connectivity index (χ4n) is 2.75. The Morgan fingerprint density at radius 2 is 1.83 bits per heavy atom. The van der Waals surface area contributed by atoms with Crippen LogP contribution in [-0.4, -0.2) is 40.0 Å². The van der Waals surface area contributed by atoms with Crippen LogP contribution in [0.15, 0.2) is 36.4 Å². The van der Waals surface area contributed by atoms with Gasteiger partial charge in [-0.25, -0.2) is 9.18 Å². The van der Waals surface area contributed by atoms with Gasteiger partial charge in [0.1, 0.15) is 11.6 Å². The summed E-state index contributed by atoms with van der Waals surface area (Å²) < 4.78 is 18.7. The Kier molecular flexibility index (Phi) is 4.33. The van der Waals surface area contributed by atoms with Gasteiger partial charge >= 0.3 is 5.97 Å². The monoisotopic (exact) mass is 331 g/mol. The molecule has 1 aromatic carbocycles. The Balaban J connectivity index is 1.73. The molecule has 0 spiro atoms. The van der Waals surface area contributed by atoms with E-state index in [9.17, 15) is 14.3 Å². The minimum atomic E-state index is -1.31. The van der Waals surface area contributed by atoms with Crippen LogP contribution in [-0.2, 0) is 4.79 Å². The number of aryl methyl sites for hydroxylation is 1. The number of halogens is 1. The van der Waals surface area contributed by atoms with E-state index < -0.39 is 11.6 Å². The molecule has 2 heterocycles. The second-order valence-electron chi connectivity index (χ2n) is 5.88. The number of ether oxygens (including phenoxy) is 1. The third kappa shape index (κ3) is 3.29. The van der Waals surface area contributed by atoms with Gasteiger partial charge in [0.05, 0.1) is 5.69 Å². The molecule has 1 N–H and O–H groups in total. The summed E-state index contributed by atoms with van der Waals surface area (Å²) in [5, 5.41) is 17.8. The topological polar surface area (TPSA) is 75.5 Å². The molecule has 0 unspecified atom stereocenters. The fraction of sp³-hybridized carbons (Fsp3) is 0.353. The van der Waals surface area contributed by atoms with Gasteiger partial charge in [-0.15, -0.1) is 5.10 Å². The van der Waals surface area contributed by atoms with E-state index in [2.05, 4.69) is 10.2 Å². The van der Waals surface area contributed by atoms with E-state index in [1.165, 1.54) is 24.3 Å².